The number of carboxylic acid groups (broad SMARTS) is 1. The van der Waals surface area contributed by atoms with Crippen molar-refractivity contribution in [3.05, 3.63) is 42.2 Å². The third-order valence-electron chi connectivity index (χ3n) is 2.47. The van der Waals surface area contributed by atoms with Crippen molar-refractivity contribution in [3.8, 4) is 35.0 Å². The largest absolute Gasteiger partial charge is 0.480 e. The van der Waals surface area contributed by atoms with Gasteiger partial charge in [-0.25, -0.2) is 14.8 Å². The summed E-state index contributed by atoms with van der Waals surface area (Å²) in [5, 5.41) is 17.1. The van der Waals surface area contributed by atoms with Crippen molar-refractivity contribution in [1.82, 2.24) is 9.97 Å². The van der Waals surface area contributed by atoms with Crippen LogP contribution in [0.5, 0.6) is 5.75 Å². The van der Waals surface area contributed by atoms with Gasteiger partial charge in [-0.2, -0.15) is 5.26 Å². The second kappa shape index (κ2) is 6.69. The quantitative estimate of drug-likeness (QED) is 0.856. The minimum absolute atomic E-state index is 0.0111. The highest BCUT2D eigenvalue weighted by molar-refractivity contribution is 5.87. The van der Waals surface area contributed by atoms with Crippen LogP contribution in [0.15, 0.2) is 36.7 Å². The fraction of sp³-hybridized carbons (Fsp3) is 0.0667. The molecule has 1 heterocycles. The number of carboxylic acids is 1. The maximum absolute atomic E-state index is 10.8. The molecular formula is C15H9N3O3. The van der Waals surface area contributed by atoms with Crippen molar-refractivity contribution in [1.29, 1.82) is 5.26 Å². The minimum Gasteiger partial charge on any atom is -0.480 e. The van der Waals surface area contributed by atoms with Crippen LogP contribution in [0.3, 0.4) is 0 Å². The Hall–Kier alpha value is -3.38. The summed E-state index contributed by atoms with van der Waals surface area (Å²) >= 11 is 0. The number of ether oxygens (including phenoxy) is 1. The van der Waals surface area contributed by atoms with Gasteiger partial charge < -0.3 is 9.84 Å². The van der Waals surface area contributed by atoms with Crippen molar-refractivity contribution >= 4 is 5.97 Å². The first kappa shape index (κ1) is 14.0. The van der Waals surface area contributed by atoms with Gasteiger partial charge in [0.05, 0.1) is 11.1 Å². The molecule has 0 aliphatic carbocycles. The first-order chi connectivity index (χ1) is 10.2. The maximum atomic E-state index is 10.8. The molecule has 102 valence electrons. The molecule has 0 fully saturated rings. The third-order valence-corrected chi connectivity index (χ3v) is 2.47. The van der Waals surface area contributed by atoms with Crippen molar-refractivity contribution in [2.45, 2.75) is 0 Å². The van der Waals surface area contributed by atoms with Crippen molar-refractivity contribution in [2.75, 3.05) is 6.61 Å². The van der Waals surface area contributed by atoms with Gasteiger partial charge in [-0.1, -0.05) is 12.1 Å². The van der Waals surface area contributed by atoms with Crippen molar-refractivity contribution in [2.24, 2.45) is 0 Å². The van der Waals surface area contributed by atoms with Gasteiger partial charge in [0, 0.05) is 18.3 Å². The SMILES string of the molecule is N#CC#CCOc1ccccc1-c1ncc(C(=O)O)cn1. The van der Waals surface area contributed by atoms with E-state index in [0.29, 0.717) is 17.1 Å². The summed E-state index contributed by atoms with van der Waals surface area (Å²) in [5.74, 6) is 4.54. The van der Waals surface area contributed by atoms with Gasteiger partial charge in [0.15, 0.2) is 11.9 Å². The zero-order chi connectivity index (χ0) is 15.1. The second-order valence-electron chi connectivity index (χ2n) is 3.80. The highest BCUT2D eigenvalue weighted by Crippen LogP contribution is 2.26. The Labute approximate surface area is 120 Å². The standard InChI is InChI=1S/C15H9N3O3/c16-7-3-4-8-21-13-6-2-1-5-12(13)14-17-9-11(10-18-14)15(19)20/h1-2,5-6,9-10H,8H2,(H,19,20). The van der Waals surface area contributed by atoms with Crippen molar-refractivity contribution in [3.63, 3.8) is 0 Å². The van der Waals surface area contributed by atoms with E-state index in [1.54, 1.807) is 30.3 Å². The summed E-state index contributed by atoms with van der Waals surface area (Å²) in [6.45, 7) is 0.0672. The van der Waals surface area contributed by atoms with E-state index in [-0.39, 0.29) is 12.2 Å². The van der Waals surface area contributed by atoms with Crippen molar-refractivity contribution < 1.29 is 14.6 Å². The smallest absolute Gasteiger partial charge is 0.338 e. The van der Waals surface area contributed by atoms with E-state index in [2.05, 4.69) is 21.8 Å². The molecule has 0 aliphatic rings. The van der Waals surface area contributed by atoms with E-state index >= 15 is 0 Å². The number of benzene rings is 1. The Morgan fingerprint density at radius 1 is 1.29 bits per heavy atom. The molecule has 0 radical (unpaired) electrons. The fourth-order valence-electron chi connectivity index (χ4n) is 1.54. The maximum Gasteiger partial charge on any atom is 0.338 e. The molecule has 6 heteroatoms. The van der Waals surface area contributed by atoms with Crippen LogP contribution in [0.4, 0.5) is 0 Å². The highest BCUT2D eigenvalue weighted by atomic mass is 16.5. The molecule has 0 atom stereocenters. The number of hydrogen-bond acceptors (Lipinski definition) is 5. The Balaban J connectivity index is 2.27. The summed E-state index contributed by atoms with van der Waals surface area (Å²) in [5.41, 5.74) is 0.630. The van der Waals surface area contributed by atoms with Crippen LogP contribution >= 0.6 is 0 Å². The number of aromatic carboxylic acids is 1. The Kier molecular flexibility index (Phi) is 4.47. The molecule has 1 aromatic heterocycles. The number of rotatable bonds is 4. The summed E-state index contributed by atoms with van der Waals surface area (Å²) in [6, 6.07) is 8.74. The predicted molar refractivity (Wildman–Crippen MR) is 73.3 cm³/mol. The molecule has 1 N–H and O–H groups in total. The summed E-state index contributed by atoms with van der Waals surface area (Å²) in [4.78, 5) is 18.8. The van der Waals surface area contributed by atoms with E-state index < -0.39 is 5.97 Å². The van der Waals surface area contributed by atoms with E-state index in [1.165, 1.54) is 12.4 Å². The second-order valence-corrected chi connectivity index (χ2v) is 3.80. The van der Waals surface area contributed by atoms with Gasteiger partial charge in [-0.05, 0) is 18.1 Å². The van der Waals surface area contributed by atoms with Gasteiger partial charge in [-0.3, -0.25) is 0 Å². The van der Waals surface area contributed by atoms with Gasteiger partial charge in [-0.15, -0.1) is 0 Å². The molecule has 2 rings (SSSR count). The van der Waals surface area contributed by atoms with E-state index in [0.717, 1.165) is 0 Å². The van der Waals surface area contributed by atoms with Gasteiger partial charge in [0.1, 0.15) is 12.4 Å². The average Bonchev–Trinajstić information content (AvgIpc) is 2.52. The molecule has 1 aromatic carbocycles. The fourth-order valence-corrected chi connectivity index (χ4v) is 1.54. The average molecular weight is 279 g/mol. The molecule has 0 spiro atoms. The molecule has 21 heavy (non-hydrogen) atoms. The van der Waals surface area contributed by atoms with Gasteiger partial charge in [0.2, 0.25) is 0 Å². The van der Waals surface area contributed by atoms with Gasteiger partial charge in [0.25, 0.3) is 0 Å². The van der Waals surface area contributed by atoms with E-state index in [9.17, 15) is 4.79 Å². The number of nitrogens with zero attached hydrogens (tertiary/aromatic N) is 3. The highest BCUT2D eigenvalue weighted by Gasteiger charge is 2.10. The first-order valence-corrected chi connectivity index (χ1v) is 5.87. The predicted octanol–water partition coefficient (Wildman–Crippen LogP) is 1.75. The first-order valence-electron chi connectivity index (χ1n) is 5.87. The lowest BCUT2D eigenvalue weighted by molar-refractivity contribution is 0.0696. The number of aromatic nitrogens is 2. The number of para-hydroxylation sites is 1. The van der Waals surface area contributed by atoms with Crippen LogP contribution in [0, 0.1) is 23.2 Å². The molecule has 0 aliphatic heterocycles. The molecule has 0 saturated heterocycles. The molecule has 0 amide bonds. The van der Waals surface area contributed by atoms with Crippen LogP contribution < -0.4 is 4.74 Å². The van der Waals surface area contributed by atoms with Gasteiger partial charge >= 0.3 is 5.97 Å². The zero-order valence-corrected chi connectivity index (χ0v) is 10.8. The molecule has 2 aromatic rings. The molecule has 0 unspecified atom stereocenters. The zero-order valence-electron chi connectivity index (χ0n) is 10.8. The lowest BCUT2D eigenvalue weighted by atomic mass is 10.2. The Bertz CT molecular complexity index is 752. The summed E-state index contributed by atoms with van der Waals surface area (Å²) < 4.78 is 5.45. The molecular weight excluding hydrogens is 270 g/mol. The van der Waals surface area contributed by atoms with E-state index in [1.807, 2.05) is 0 Å². The molecule has 0 saturated carbocycles. The number of hydrogen-bond donors (Lipinski definition) is 1. The summed E-state index contributed by atoms with van der Waals surface area (Å²) in [6.07, 6.45) is 2.47. The minimum atomic E-state index is -1.09. The lowest BCUT2D eigenvalue weighted by Crippen LogP contribution is -2.01. The van der Waals surface area contributed by atoms with E-state index in [4.69, 9.17) is 15.1 Å². The Morgan fingerprint density at radius 3 is 2.67 bits per heavy atom. The molecule has 0 bridgehead atoms. The summed E-state index contributed by atoms with van der Waals surface area (Å²) in [7, 11) is 0. The monoisotopic (exact) mass is 279 g/mol. The van der Waals surface area contributed by atoms with Crippen LogP contribution in [0.25, 0.3) is 11.4 Å². The van der Waals surface area contributed by atoms with Crippen LogP contribution in [-0.2, 0) is 0 Å². The van der Waals surface area contributed by atoms with Crippen LogP contribution in [0.2, 0.25) is 0 Å². The number of nitriles is 1. The van der Waals surface area contributed by atoms with Crippen LogP contribution in [-0.4, -0.2) is 27.7 Å². The third kappa shape index (κ3) is 3.55. The lowest BCUT2D eigenvalue weighted by Gasteiger charge is -2.08. The number of carbonyl (C=O) groups is 1. The Morgan fingerprint density at radius 2 is 2.00 bits per heavy atom. The topological polar surface area (TPSA) is 96.1 Å². The normalized spacial score (nSPS) is 9.10. The molecule has 6 nitrogen and oxygen atoms in total. The van der Waals surface area contributed by atoms with Crippen LogP contribution in [0.1, 0.15) is 10.4 Å².